The first-order chi connectivity index (χ1) is 10.4. The van der Waals surface area contributed by atoms with E-state index in [2.05, 4.69) is 26.1 Å². The fourth-order valence-corrected chi connectivity index (χ4v) is 3.18. The second-order valence-electron chi connectivity index (χ2n) is 6.96. The third-order valence-corrected chi connectivity index (χ3v) is 4.87. The predicted molar refractivity (Wildman–Crippen MR) is 89.0 cm³/mol. The van der Waals surface area contributed by atoms with Crippen molar-refractivity contribution < 1.29 is 15.0 Å². The molecule has 0 aromatic heterocycles. The van der Waals surface area contributed by atoms with E-state index < -0.39 is 11.7 Å². The fourth-order valence-electron chi connectivity index (χ4n) is 3.18. The first kappa shape index (κ1) is 19.2. The maximum atomic E-state index is 11.5. The molecule has 0 fully saturated rings. The van der Waals surface area contributed by atoms with Gasteiger partial charge in [-0.05, 0) is 23.8 Å². The Balaban J connectivity index is 2.71. The molecule has 4 nitrogen and oxygen atoms in total. The van der Waals surface area contributed by atoms with Gasteiger partial charge in [-0.25, -0.2) is 0 Å². The van der Waals surface area contributed by atoms with Crippen LogP contribution in [0.2, 0.25) is 0 Å². The third kappa shape index (κ3) is 5.40. The van der Waals surface area contributed by atoms with Crippen molar-refractivity contribution in [1.82, 2.24) is 5.32 Å². The zero-order chi connectivity index (χ0) is 16.6. The second-order valence-corrected chi connectivity index (χ2v) is 6.96. The summed E-state index contributed by atoms with van der Waals surface area (Å²) in [5, 5.41) is 22.2. The zero-order valence-electron chi connectivity index (χ0n) is 14.5. The normalized spacial score (nSPS) is 20.2. The molecule has 1 aliphatic rings. The van der Waals surface area contributed by atoms with Gasteiger partial charge in [0.05, 0.1) is 0 Å². The predicted octanol–water partition coefficient (Wildman–Crippen LogP) is 3.63. The van der Waals surface area contributed by atoms with Gasteiger partial charge in [-0.15, -0.1) is 0 Å². The number of carbonyl (C=O) groups excluding carboxylic acids is 1. The first-order valence-electron chi connectivity index (χ1n) is 8.81. The monoisotopic (exact) mass is 311 g/mol. The van der Waals surface area contributed by atoms with E-state index in [-0.39, 0.29) is 11.8 Å². The molecule has 1 amide bonds. The highest BCUT2D eigenvalue weighted by molar-refractivity contribution is 5.85. The summed E-state index contributed by atoms with van der Waals surface area (Å²) >= 11 is 0. The van der Waals surface area contributed by atoms with Crippen molar-refractivity contribution in [3.8, 4) is 0 Å². The van der Waals surface area contributed by atoms with Crippen LogP contribution in [-0.2, 0) is 4.79 Å². The molecule has 3 N–H and O–H groups in total. The molecule has 1 rings (SSSR count). The van der Waals surface area contributed by atoms with Gasteiger partial charge in [-0.2, -0.15) is 0 Å². The van der Waals surface area contributed by atoms with Gasteiger partial charge in [0.1, 0.15) is 0 Å². The second kappa shape index (κ2) is 8.68. The van der Waals surface area contributed by atoms with Gasteiger partial charge in [0.15, 0.2) is 0 Å². The number of rotatable bonds is 10. The van der Waals surface area contributed by atoms with Gasteiger partial charge >= 0.3 is 0 Å². The standard InChI is InChI=1S/C18H33NO3/c1-4-6-8-9-10-12-17(3,11-7-5-2)15-13-18(21,22)16(20)19-14-15/h14,21-22H,4-13H2,1-3H3,(H,19,20). The SMILES string of the molecule is CCCCCCCC(C)(CCCC)C1=CNC(=O)C(O)(O)C1. The van der Waals surface area contributed by atoms with E-state index in [0.717, 1.165) is 37.7 Å². The number of nitrogens with one attached hydrogen (secondary N) is 1. The van der Waals surface area contributed by atoms with Crippen molar-refractivity contribution in [2.24, 2.45) is 5.41 Å². The summed E-state index contributed by atoms with van der Waals surface area (Å²) < 4.78 is 0. The molecule has 0 saturated heterocycles. The lowest BCUT2D eigenvalue weighted by molar-refractivity contribution is -0.186. The number of carbonyl (C=O) groups is 1. The maximum Gasteiger partial charge on any atom is 0.284 e. The molecule has 0 aromatic carbocycles. The quantitative estimate of drug-likeness (QED) is 0.426. The molecule has 0 radical (unpaired) electrons. The molecule has 0 bridgehead atoms. The van der Waals surface area contributed by atoms with Crippen LogP contribution in [0.1, 0.15) is 85.0 Å². The van der Waals surface area contributed by atoms with Crippen LogP contribution in [-0.4, -0.2) is 21.9 Å². The summed E-state index contributed by atoms with van der Waals surface area (Å²) in [5.74, 6) is -2.99. The van der Waals surface area contributed by atoms with E-state index >= 15 is 0 Å². The Bertz CT molecular complexity index is 390. The molecular weight excluding hydrogens is 278 g/mol. The highest BCUT2D eigenvalue weighted by Gasteiger charge is 2.41. The summed E-state index contributed by atoms with van der Waals surface area (Å²) in [7, 11) is 0. The minimum Gasteiger partial charge on any atom is -0.358 e. The molecule has 22 heavy (non-hydrogen) atoms. The molecule has 0 aliphatic carbocycles. The van der Waals surface area contributed by atoms with Crippen LogP contribution in [0.15, 0.2) is 11.8 Å². The van der Waals surface area contributed by atoms with Crippen LogP contribution in [0.3, 0.4) is 0 Å². The zero-order valence-corrected chi connectivity index (χ0v) is 14.5. The van der Waals surface area contributed by atoms with Crippen LogP contribution in [0, 0.1) is 5.41 Å². The highest BCUT2D eigenvalue weighted by Crippen LogP contribution is 2.42. The average molecular weight is 311 g/mol. The molecule has 1 unspecified atom stereocenters. The number of unbranched alkanes of at least 4 members (excludes halogenated alkanes) is 5. The molecule has 1 heterocycles. The first-order valence-corrected chi connectivity index (χ1v) is 8.81. The Morgan fingerprint density at radius 1 is 1.09 bits per heavy atom. The molecule has 1 atom stereocenters. The van der Waals surface area contributed by atoms with Crippen molar-refractivity contribution in [3.63, 3.8) is 0 Å². The summed E-state index contributed by atoms with van der Waals surface area (Å²) in [4.78, 5) is 11.5. The van der Waals surface area contributed by atoms with Gasteiger partial charge in [-0.1, -0.05) is 65.7 Å². The molecule has 1 aliphatic heterocycles. The van der Waals surface area contributed by atoms with E-state index in [1.165, 1.54) is 25.7 Å². The Kier molecular flexibility index (Phi) is 7.57. The van der Waals surface area contributed by atoms with Gasteiger partial charge in [0.2, 0.25) is 5.79 Å². The van der Waals surface area contributed by atoms with E-state index in [4.69, 9.17) is 0 Å². The van der Waals surface area contributed by atoms with Crippen LogP contribution in [0.5, 0.6) is 0 Å². The molecule has 0 aromatic rings. The fraction of sp³-hybridized carbons (Fsp3) is 0.833. The van der Waals surface area contributed by atoms with Gasteiger partial charge in [0, 0.05) is 12.6 Å². The average Bonchev–Trinajstić information content (AvgIpc) is 2.47. The van der Waals surface area contributed by atoms with Crippen molar-refractivity contribution in [2.45, 2.75) is 90.8 Å². The Labute approximate surface area is 135 Å². The Hall–Kier alpha value is -0.870. The molecule has 0 saturated carbocycles. The van der Waals surface area contributed by atoms with E-state index in [0.29, 0.717) is 0 Å². The summed E-state index contributed by atoms with van der Waals surface area (Å²) in [6.07, 6.45) is 12.2. The number of hydrogen-bond acceptors (Lipinski definition) is 3. The highest BCUT2D eigenvalue weighted by atomic mass is 16.5. The van der Waals surface area contributed by atoms with Gasteiger partial charge < -0.3 is 15.5 Å². The van der Waals surface area contributed by atoms with Crippen LogP contribution >= 0.6 is 0 Å². The number of amides is 1. The van der Waals surface area contributed by atoms with E-state index in [1.807, 2.05) is 0 Å². The molecule has 128 valence electrons. The van der Waals surface area contributed by atoms with Gasteiger partial charge in [-0.3, -0.25) is 4.79 Å². The van der Waals surface area contributed by atoms with E-state index in [1.54, 1.807) is 6.20 Å². The lowest BCUT2D eigenvalue weighted by Crippen LogP contribution is -2.50. The largest absolute Gasteiger partial charge is 0.358 e. The minimum absolute atomic E-state index is 0.0218. The van der Waals surface area contributed by atoms with Crippen molar-refractivity contribution >= 4 is 5.91 Å². The van der Waals surface area contributed by atoms with Crippen molar-refractivity contribution in [2.75, 3.05) is 0 Å². The third-order valence-electron chi connectivity index (χ3n) is 4.87. The smallest absolute Gasteiger partial charge is 0.284 e. The lowest BCUT2D eigenvalue weighted by Gasteiger charge is -2.38. The topological polar surface area (TPSA) is 69.6 Å². The molecular formula is C18H33NO3. The van der Waals surface area contributed by atoms with Crippen molar-refractivity contribution in [3.05, 3.63) is 11.8 Å². The van der Waals surface area contributed by atoms with Crippen LogP contribution < -0.4 is 5.32 Å². The summed E-state index contributed by atoms with van der Waals surface area (Å²) in [6.45, 7) is 6.58. The summed E-state index contributed by atoms with van der Waals surface area (Å²) in [5.41, 5.74) is 0.896. The molecule has 4 heteroatoms. The summed E-state index contributed by atoms with van der Waals surface area (Å²) in [6, 6.07) is 0. The maximum absolute atomic E-state index is 11.5. The number of hydrogen-bond donors (Lipinski definition) is 3. The van der Waals surface area contributed by atoms with E-state index in [9.17, 15) is 15.0 Å². The minimum atomic E-state index is -2.26. The van der Waals surface area contributed by atoms with Crippen molar-refractivity contribution in [1.29, 1.82) is 0 Å². The van der Waals surface area contributed by atoms with Crippen LogP contribution in [0.25, 0.3) is 0 Å². The molecule has 0 spiro atoms. The lowest BCUT2D eigenvalue weighted by atomic mass is 9.71. The van der Waals surface area contributed by atoms with Gasteiger partial charge in [0.25, 0.3) is 5.91 Å². The Morgan fingerprint density at radius 2 is 1.68 bits per heavy atom. The number of aliphatic hydroxyl groups is 2. The van der Waals surface area contributed by atoms with Crippen LogP contribution in [0.4, 0.5) is 0 Å². The Morgan fingerprint density at radius 3 is 2.27 bits per heavy atom.